The summed E-state index contributed by atoms with van der Waals surface area (Å²) >= 11 is 0. The smallest absolute Gasteiger partial charge is 0.466 e. The van der Waals surface area contributed by atoms with Crippen molar-refractivity contribution in [1.29, 1.82) is 0 Å². The minimum atomic E-state index is -0.649. The van der Waals surface area contributed by atoms with Gasteiger partial charge < -0.3 is 23.5 Å². The summed E-state index contributed by atoms with van der Waals surface area (Å²) in [7, 11) is 0. The number of aryl methyl sites for hydroxylation is 2. The zero-order valence-electron chi connectivity index (χ0n) is 37.5. The molecule has 0 fully saturated rings. The van der Waals surface area contributed by atoms with E-state index in [1.165, 1.54) is 103 Å². The number of carbonyl (C=O) groups excluding carboxylic acids is 3. The van der Waals surface area contributed by atoms with Crippen LogP contribution in [0.3, 0.4) is 0 Å². The van der Waals surface area contributed by atoms with Gasteiger partial charge in [0.1, 0.15) is 11.9 Å². The predicted octanol–water partition coefficient (Wildman–Crippen LogP) is 14.0. The van der Waals surface area contributed by atoms with Crippen LogP contribution in [0.1, 0.15) is 232 Å². The van der Waals surface area contributed by atoms with Crippen molar-refractivity contribution in [2.75, 3.05) is 19.8 Å². The van der Waals surface area contributed by atoms with E-state index < -0.39 is 6.16 Å². The number of aromatic nitrogens is 2. The van der Waals surface area contributed by atoms with E-state index >= 15 is 0 Å². The van der Waals surface area contributed by atoms with Crippen molar-refractivity contribution in [3.05, 3.63) is 18.2 Å². The SMILES string of the molecule is CCCCCCCCC(CCCCCCCC)CC(=O)OCCC(CCCCCCCCCCOC(=O)CCCCCCC)OC(=O)OCCCn1ccnc1C. The highest BCUT2D eigenvalue weighted by Crippen LogP contribution is 2.23. The van der Waals surface area contributed by atoms with Gasteiger partial charge in [0.05, 0.1) is 19.8 Å². The van der Waals surface area contributed by atoms with Crippen molar-refractivity contribution >= 4 is 18.1 Å². The fourth-order valence-electron chi connectivity index (χ4n) is 7.50. The number of imidazole rings is 1. The second kappa shape index (κ2) is 38.9. The zero-order chi connectivity index (χ0) is 41.4. The van der Waals surface area contributed by atoms with Crippen LogP contribution in [-0.2, 0) is 35.1 Å². The molecule has 0 saturated heterocycles. The van der Waals surface area contributed by atoms with Crippen molar-refractivity contribution in [2.24, 2.45) is 5.92 Å². The molecule has 332 valence electrons. The van der Waals surface area contributed by atoms with Gasteiger partial charge in [-0.05, 0) is 57.8 Å². The summed E-state index contributed by atoms with van der Waals surface area (Å²) in [6.07, 6.45) is 37.4. The van der Waals surface area contributed by atoms with Crippen LogP contribution >= 0.6 is 0 Å². The molecule has 0 amide bonds. The van der Waals surface area contributed by atoms with Crippen molar-refractivity contribution in [3.8, 4) is 0 Å². The van der Waals surface area contributed by atoms with Crippen LogP contribution in [0, 0.1) is 12.8 Å². The molecule has 0 radical (unpaired) electrons. The molecule has 0 aliphatic rings. The second-order valence-corrected chi connectivity index (χ2v) is 16.6. The number of nitrogens with zero attached hydrogens (tertiary/aromatic N) is 2. The Kier molecular flexibility index (Phi) is 35.8. The minimum Gasteiger partial charge on any atom is -0.466 e. The van der Waals surface area contributed by atoms with Gasteiger partial charge in [-0.1, -0.05) is 162 Å². The Hall–Kier alpha value is -2.58. The van der Waals surface area contributed by atoms with E-state index in [0.29, 0.717) is 38.2 Å². The van der Waals surface area contributed by atoms with E-state index in [-0.39, 0.29) is 31.3 Å². The summed E-state index contributed by atoms with van der Waals surface area (Å²) in [5.74, 6) is 1.15. The van der Waals surface area contributed by atoms with Crippen molar-refractivity contribution < 1.29 is 33.3 Å². The molecule has 0 aromatic carbocycles. The summed E-state index contributed by atoms with van der Waals surface area (Å²) in [6, 6.07) is 0. The van der Waals surface area contributed by atoms with Crippen molar-refractivity contribution in [3.63, 3.8) is 0 Å². The first kappa shape index (κ1) is 52.4. The van der Waals surface area contributed by atoms with Gasteiger partial charge in [-0.2, -0.15) is 0 Å². The Morgan fingerprint density at radius 3 is 1.60 bits per heavy atom. The Labute approximate surface area is 349 Å². The Bertz CT molecular complexity index is 1060. The average Bonchev–Trinajstić information content (AvgIpc) is 3.61. The summed E-state index contributed by atoms with van der Waals surface area (Å²) in [5.41, 5.74) is 0. The summed E-state index contributed by atoms with van der Waals surface area (Å²) in [4.78, 5) is 41.9. The molecule has 0 aliphatic heterocycles. The molecule has 57 heavy (non-hydrogen) atoms. The highest BCUT2D eigenvalue weighted by molar-refractivity contribution is 5.69. The van der Waals surface area contributed by atoms with Crippen LogP contribution in [0.4, 0.5) is 4.79 Å². The van der Waals surface area contributed by atoms with Crippen molar-refractivity contribution in [2.45, 2.75) is 246 Å². The molecule has 0 bridgehead atoms. The first-order chi connectivity index (χ1) is 27.9. The largest absolute Gasteiger partial charge is 0.508 e. The van der Waals surface area contributed by atoms with Crippen LogP contribution < -0.4 is 0 Å². The monoisotopic (exact) mass is 805 g/mol. The Morgan fingerprint density at radius 2 is 1.04 bits per heavy atom. The fraction of sp³-hybridized carbons (Fsp3) is 0.875. The summed E-state index contributed by atoms with van der Waals surface area (Å²) in [5, 5.41) is 0. The lowest BCUT2D eigenvalue weighted by molar-refractivity contribution is -0.146. The maximum absolute atomic E-state index is 13.1. The Balaban J connectivity index is 2.44. The van der Waals surface area contributed by atoms with Gasteiger partial charge in [0, 0.05) is 38.2 Å². The molecule has 0 N–H and O–H groups in total. The van der Waals surface area contributed by atoms with E-state index in [1.54, 1.807) is 6.20 Å². The molecule has 0 spiro atoms. The molecule has 1 rings (SSSR count). The number of ether oxygens (including phenoxy) is 4. The lowest BCUT2D eigenvalue weighted by Gasteiger charge is -2.19. The third-order valence-electron chi connectivity index (χ3n) is 11.2. The van der Waals surface area contributed by atoms with Crippen molar-refractivity contribution in [1.82, 2.24) is 9.55 Å². The van der Waals surface area contributed by atoms with Gasteiger partial charge in [-0.15, -0.1) is 0 Å². The first-order valence-electron chi connectivity index (χ1n) is 24.0. The van der Waals surface area contributed by atoms with Crippen LogP contribution in [0.15, 0.2) is 12.4 Å². The topological polar surface area (TPSA) is 106 Å². The van der Waals surface area contributed by atoms with E-state index in [2.05, 4.69) is 25.8 Å². The molecule has 1 aromatic rings. The maximum Gasteiger partial charge on any atom is 0.508 e. The standard InChI is InChI=1S/C48H88N2O7/c1-5-8-11-14-21-25-31-44(32-26-22-15-12-9-6-2)42-47(52)55-41-35-45(57-48(53)56-40-30-37-50-38-36-49-43(50)4)33-27-23-18-16-17-19-24-29-39-54-46(51)34-28-20-13-10-7-3/h36,38,44-45H,5-35,37,39-42H2,1-4H3. The van der Waals surface area contributed by atoms with E-state index in [4.69, 9.17) is 18.9 Å². The third kappa shape index (κ3) is 33.0. The van der Waals surface area contributed by atoms with E-state index in [0.717, 1.165) is 89.4 Å². The van der Waals surface area contributed by atoms with Crippen LogP contribution in [0.5, 0.6) is 0 Å². The molecule has 1 unspecified atom stereocenters. The average molecular weight is 805 g/mol. The van der Waals surface area contributed by atoms with Gasteiger partial charge in [0.15, 0.2) is 0 Å². The number of hydrogen-bond acceptors (Lipinski definition) is 8. The van der Waals surface area contributed by atoms with Crippen LogP contribution in [0.25, 0.3) is 0 Å². The van der Waals surface area contributed by atoms with Gasteiger partial charge >= 0.3 is 18.1 Å². The lowest BCUT2D eigenvalue weighted by Crippen LogP contribution is -2.23. The van der Waals surface area contributed by atoms with Crippen LogP contribution in [-0.4, -0.2) is 53.6 Å². The van der Waals surface area contributed by atoms with Crippen LogP contribution in [0.2, 0.25) is 0 Å². The first-order valence-corrected chi connectivity index (χ1v) is 24.0. The lowest BCUT2D eigenvalue weighted by atomic mass is 9.91. The molecule has 1 aromatic heterocycles. The second-order valence-electron chi connectivity index (χ2n) is 16.6. The van der Waals surface area contributed by atoms with Gasteiger partial charge in [0.2, 0.25) is 0 Å². The summed E-state index contributed by atoms with van der Waals surface area (Å²) in [6.45, 7) is 10.5. The number of rotatable bonds is 41. The molecule has 0 saturated carbocycles. The maximum atomic E-state index is 13.1. The van der Waals surface area contributed by atoms with Gasteiger partial charge in [0.25, 0.3) is 0 Å². The van der Waals surface area contributed by atoms with Gasteiger partial charge in [-0.3, -0.25) is 9.59 Å². The number of unbranched alkanes of at least 4 members (excludes halogenated alkanes) is 21. The highest BCUT2D eigenvalue weighted by Gasteiger charge is 2.19. The fourth-order valence-corrected chi connectivity index (χ4v) is 7.50. The van der Waals surface area contributed by atoms with E-state index in [1.807, 2.05) is 17.7 Å². The molecular formula is C48H88N2O7. The quantitative estimate of drug-likeness (QED) is 0.0366. The minimum absolute atomic E-state index is 0.0490. The molecule has 1 heterocycles. The number of hydrogen-bond donors (Lipinski definition) is 0. The third-order valence-corrected chi connectivity index (χ3v) is 11.2. The summed E-state index contributed by atoms with van der Waals surface area (Å²) < 4.78 is 24.5. The number of carbonyl (C=O) groups is 3. The molecule has 0 aliphatic carbocycles. The van der Waals surface area contributed by atoms with E-state index in [9.17, 15) is 14.4 Å². The Morgan fingerprint density at radius 1 is 0.544 bits per heavy atom. The molecule has 1 atom stereocenters. The molecule has 9 nitrogen and oxygen atoms in total. The zero-order valence-corrected chi connectivity index (χ0v) is 37.5. The van der Waals surface area contributed by atoms with Gasteiger partial charge in [-0.25, -0.2) is 9.78 Å². The normalized spacial score (nSPS) is 11.9. The highest BCUT2D eigenvalue weighted by atomic mass is 16.7. The predicted molar refractivity (Wildman–Crippen MR) is 233 cm³/mol. The molecule has 9 heteroatoms. The number of esters is 2. The molecular weight excluding hydrogens is 717 g/mol.